The SMILES string of the molecule is CCc1nc(C2(NC)CCC(OC)CC2)sc1C. The lowest BCUT2D eigenvalue weighted by molar-refractivity contribution is 0.0422. The van der Waals surface area contributed by atoms with E-state index in [0.29, 0.717) is 6.10 Å². The molecule has 1 heterocycles. The molecule has 0 radical (unpaired) electrons. The Labute approximate surface area is 114 Å². The summed E-state index contributed by atoms with van der Waals surface area (Å²) in [4.78, 5) is 6.23. The van der Waals surface area contributed by atoms with Crippen molar-refractivity contribution in [2.75, 3.05) is 14.2 Å². The Bertz CT molecular complexity index is 394. The van der Waals surface area contributed by atoms with Gasteiger partial charge in [-0.25, -0.2) is 4.98 Å². The van der Waals surface area contributed by atoms with Crippen LogP contribution in [-0.2, 0) is 16.7 Å². The minimum atomic E-state index is 0.0812. The van der Waals surface area contributed by atoms with Crippen molar-refractivity contribution in [2.24, 2.45) is 0 Å². The number of ether oxygens (including phenoxy) is 1. The minimum Gasteiger partial charge on any atom is -0.381 e. The molecule has 0 aromatic carbocycles. The molecule has 1 N–H and O–H groups in total. The summed E-state index contributed by atoms with van der Waals surface area (Å²) in [6, 6.07) is 0. The molecular weight excluding hydrogens is 244 g/mol. The van der Waals surface area contributed by atoms with E-state index in [1.165, 1.54) is 15.6 Å². The van der Waals surface area contributed by atoms with Crippen LogP contribution in [0.3, 0.4) is 0 Å². The van der Waals surface area contributed by atoms with Gasteiger partial charge in [-0.15, -0.1) is 11.3 Å². The molecule has 0 aliphatic heterocycles. The molecule has 3 nitrogen and oxygen atoms in total. The maximum absolute atomic E-state index is 5.47. The molecule has 0 spiro atoms. The fourth-order valence-corrected chi connectivity index (χ4v) is 4.11. The van der Waals surface area contributed by atoms with Gasteiger partial charge in [0.2, 0.25) is 0 Å². The van der Waals surface area contributed by atoms with Crippen molar-refractivity contribution in [3.8, 4) is 0 Å². The average Bonchev–Trinajstić information content (AvgIpc) is 2.80. The number of methoxy groups -OCH3 is 1. The summed E-state index contributed by atoms with van der Waals surface area (Å²) < 4.78 is 5.47. The van der Waals surface area contributed by atoms with Gasteiger partial charge in [0.15, 0.2) is 0 Å². The summed E-state index contributed by atoms with van der Waals surface area (Å²) in [6.07, 6.45) is 5.95. The highest BCUT2D eigenvalue weighted by molar-refractivity contribution is 7.11. The molecule has 2 rings (SSSR count). The van der Waals surface area contributed by atoms with Crippen molar-refractivity contribution in [3.63, 3.8) is 0 Å². The first-order valence-corrected chi connectivity index (χ1v) is 7.65. The number of hydrogen-bond donors (Lipinski definition) is 1. The molecule has 0 unspecified atom stereocenters. The molecule has 1 fully saturated rings. The van der Waals surface area contributed by atoms with Crippen LogP contribution in [-0.4, -0.2) is 25.2 Å². The van der Waals surface area contributed by atoms with Crippen LogP contribution in [0, 0.1) is 6.92 Å². The monoisotopic (exact) mass is 268 g/mol. The molecule has 4 heteroatoms. The predicted molar refractivity (Wildman–Crippen MR) is 76.2 cm³/mol. The van der Waals surface area contributed by atoms with Crippen molar-refractivity contribution >= 4 is 11.3 Å². The lowest BCUT2D eigenvalue weighted by Crippen LogP contribution is -2.44. The maximum atomic E-state index is 5.47. The topological polar surface area (TPSA) is 34.2 Å². The number of thiazole rings is 1. The summed E-state index contributed by atoms with van der Waals surface area (Å²) >= 11 is 1.86. The predicted octanol–water partition coefficient (Wildman–Crippen LogP) is 3.02. The second-order valence-corrected chi connectivity index (χ2v) is 6.35. The van der Waals surface area contributed by atoms with E-state index in [-0.39, 0.29) is 5.54 Å². The number of hydrogen-bond acceptors (Lipinski definition) is 4. The molecule has 0 saturated heterocycles. The standard InChI is InChI=1S/C14H24N2OS/c1-5-12-10(2)18-13(16-12)14(15-3)8-6-11(17-4)7-9-14/h11,15H,5-9H2,1-4H3. The molecule has 1 saturated carbocycles. The van der Waals surface area contributed by atoms with Crippen molar-refractivity contribution in [1.29, 1.82) is 0 Å². The normalized spacial score (nSPS) is 28.6. The summed E-state index contributed by atoms with van der Waals surface area (Å²) in [5, 5.41) is 4.81. The van der Waals surface area contributed by atoms with Gasteiger partial charge in [0.25, 0.3) is 0 Å². The zero-order valence-corrected chi connectivity index (χ0v) is 12.7. The first-order chi connectivity index (χ1) is 8.65. The highest BCUT2D eigenvalue weighted by atomic mass is 32.1. The summed E-state index contributed by atoms with van der Waals surface area (Å²) in [5.74, 6) is 0. The Morgan fingerprint density at radius 2 is 2.11 bits per heavy atom. The van der Waals surface area contributed by atoms with Crippen molar-refractivity contribution in [2.45, 2.75) is 57.6 Å². The lowest BCUT2D eigenvalue weighted by Gasteiger charge is -2.38. The van der Waals surface area contributed by atoms with Crippen LogP contribution >= 0.6 is 11.3 Å². The van der Waals surface area contributed by atoms with Gasteiger partial charge in [-0.05, 0) is 46.1 Å². The van der Waals surface area contributed by atoms with E-state index in [9.17, 15) is 0 Å². The van der Waals surface area contributed by atoms with Gasteiger partial charge in [-0.1, -0.05) is 6.92 Å². The Balaban J connectivity index is 2.22. The van der Waals surface area contributed by atoms with E-state index < -0.39 is 0 Å². The molecule has 1 aromatic heterocycles. The Kier molecular flexibility index (Phi) is 4.41. The van der Waals surface area contributed by atoms with E-state index in [1.807, 2.05) is 18.4 Å². The maximum Gasteiger partial charge on any atom is 0.113 e. The molecule has 1 aliphatic carbocycles. The highest BCUT2D eigenvalue weighted by Gasteiger charge is 2.38. The van der Waals surface area contributed by atoms with Crippen LogP contribution in [0.15, 0.2) is 0 Å². The van der Waals surface area contributed by atoms with Gasteiger partial charge in [-0.2, -0.15) is 0 Å². The molecule has 1 aromatic rings. The number of nitrogens with zero attached hydrogens (tertiary/aromatic N) is 1. The summed E-state index contributed by atoms with van der Waals surface area (Å²) in [7, 11) is 3.88. The molecule has 102 valence electrons. The lowest BCUT2D eigenvalue weighted by atomic mass is 9.81. The quantitative estimate of drug-likeness (QED) is 0.911. The Hall–Kier alpha value is -0.450. The van der Waals surface area contributed by atoms with Crippen LogP contribution in [0.5, 0.6) is 0 Å². The second-order valence-electron chi connectivity index (χ2n) is 5.14. The van der Waals surface area contributed by atoms with Crippen LogP contribution in [0.4, 0.5) is 0 Å². The molecule has 18 heavy (non-hydrogen) atoms. The smallest absolute Gasteiger partial charge is 0.113 e. The molecular formula is C14H24N2OS. The van der Waals surface area contributed by atoms with E-state index in [2.05, 4.69) is 26.2 Å². The third kappa shape index (κ3) is 2.46. The third-order valence-corrected chi connectivity index (χ3v) is 5.45. The minimum absolute atomic E-state index is 0.0812. The first-order valence-electron chi connectivity index (χ1n) is 6.83. The number of rotatable bonds is 4. The fraction of sp³-hybridized carbons (Fsp3) is 0.786. The van der Waals surface area contributed by atoms with Gasteiger partial charge >= 0.3 is 0 Å². The second kappa shape index (κ2) is 5.68. The van der Waals surface area contributed by atoms with Crippen molar-refractivity contribution < 1.29 is 4.74 Å². The van der Waals surface area contributed by atoms with E-state index in [1.54, 1.807) is 0 Å². The number of nitrogens with one attached hydrogen (secondary N) is 1. The zero-order valence-electron chi connectivity index (χ0n) is 11.9. The molecule has 0 amide bonds. The van der Waals surface area contributed by atoms with Crippen LogP contribution < -0.4 is 5.32 Å². The van der Waals surface area contributed by atoms with Gasteiger partial charge < -0.3 is 10.1 Å². The average molecular weight is 268 g/mol. The zero-order chi connectivity index (χ0) is 13.2. The highest BCUT2D eigenvalue weighted by Crippen LogP contribution is 2.40. The largest absolute Gasteiger partial charge is 0.381 e. The van der Waals surface area contributed by atoms with Gasteiger partial charge in [-0.3, -0.25) is 0 Å². The summed E-state index contributed by atoms with van der Waals surface area (Å²) in [5.41, 5.74) is 1.34. The van der Waals surface area contributed by atoms with Gasteiger partial charge in [0.05, 0.1) is 17.3 Å². The van der Waals surface area contributed by atoms with Gasteiger partial charge in [0.1, 0.15) is 5.01 Å². The fourth-order valence-electron chi connectivity index (χ4n) is 2.85. The molecule has 0 bridgehead atoms. The summed E-state index contributed by atoms with van der Waals surface area (Å²) in [6.45, 7) is 4.36. The van der Waals surface area contributed by atoms with E-state index in [0.717, 1.165) is 32.1 Å². The number of aromatic nitrogens is 1. The Morgan fingerprint density at radius 1 is 1.44 bits per heavy atom. The first kappa shape index (κ1) is 14.0. The van der Waals surface area contributed by atoms with Crippen molar-refractivity contribution in [3.05, 3.63) is 15.6 Å². The third-order valence-electron chi connectivity index (χ3n) is 4.24. The molecule has 1 aliphatic rings. The van der Waals surface area contributed by atoms with E-state index >= 15 is 0 Å². The van der Waals surface area contributed by atoms with Crippen LogP contribution in [0.1, 0.15) is 48.2 Å². The van der Waals surface area contributed by atoms with Gasteiger partial charge in [0, 0.05) is 12.0 Å². The van der Waals surface area contributed by atoms with Crippen LogP contribution in [0.2, 0.25) is 0 Å². The van der Waals surface area contributed by atoms with Crippen LogP contribution in [0.25, 0.3) is 0 Å². The van der Waals surface area contributed by atoms with Crippen molar-refractivity contribution in [1.82, 2.24) is 10.3 Å². The van der Waals surface area contributed by atoms with E-state index in [4.69, 9.17) is 9.72 Å². The Morgan fingerprint density at radius 3 is 2.56 bits per heavy atom. The molecule has 0 atom stereocenters. The number of aryl methyl sites for hydroxylation is 2.